The molecule has 1 heterocycles. The van der Waals surface area contributed by atoms with E-state index in [0.29, 0.717) is 17.1 Å². The number of hydrogen-bond donors (Lipinski definition) is 2. The lowest BCUT2D eigenvalue weighted by atomic mass is 10.1. The van der Waals surface area contributed by atoms with Crippen molar-refractivity contribution in [1.82, 2.24) is 0 Å². The van der Waals surface area contributed by atoms with Crippen molar-refractivity contribution in [3.05, 3.63) is 78.3 Å². The van der Waals surface area contributed by atoms with Gasteiger partial charge in [0.15, 0.2) is 5.76 Å². The van der Waals surface area contributed by atoms with Crippen LogP contribution >= 0.6 is 0 Å². The zero-order valence-corrected chi connectivity index (χ0v) is 14.2. The molecule has 3 aromatic rings. The topological polar surface area (TPSA) is 80.6 Å². The van der Waals surface area contributed by atoms with Gasteiger partial charge in [0.05, 0.1) is 19.8 Å². The lowest BCUT2D eigenvalue weighted by Crippen LogP contribution is -2.14. The Labute approximate surface area is 150 Å². The number of benzene rings is 2. The van der Waals surface area contributed by atoms with Gasteiger partial charge in [-0.2, -0.15) is 0 Å². The van der Waals surface area contributed by atoms with Gasteiger partial charge in [-0.05, 0) is 54.1 Å². The first-order chi connectivity index (χ1) is 12.6. The molecule has 2 aromatic carbocycles. The van der Waals surface area contributed by atoms with Crippen LogP contribution in [0.5, 0.6) is 5.75 Å². The number of carbonyl (C=O) groups excluding carboxylic acids is 2. The second-order valence-corrected chi connectivity index (χ2v) is 5.59. The fourth-order valence-electron chi connectivity index (χ4n) is 2.41. The van der Waals surface area contributed by atoms with Crippen LogP contribution in [-0.2, 0) is 11.2 Å². The molecule has 0 fully saturated rings. The molecule has 0 unspecified atom stereocenters. The zero-order valence-electron chi connectivity index (χ0n) is 14.2. The van der Waals surface area contributed by atoms with Gasteiger partial charge in [-0.1, -0.05) is 12.1 Å². The van der Waals surface area contributed by atoms with Crippen LogP contribution in [0, 0.1) is 0 Å². The largest absolute Gasteiger partial charge is 0.497 e. The van der Waals surface area contributed by atoms with Gasteiger partial charge in [0, 0.05) is 11.4 Å². The predicted molar refractivity (Wildman–Crippen MR) is 98.4 cm³/mol. The average molecular weight is 350 g/mol. The van der Waals surface area contributed by atoms with Crippen molar-refractivity contribution in [1.29, 1.82) is 0 Å². The summed E-state index contributed by atoms with van der Waals surface area (Å²) in [5.41, 5.74) is 2.12. The molecule has 0 spiro atoms. The van der Waals surface area contributed by atoms with Crippen LogP contribution in [0.4, 0.5) is 11.4 Å². The minimum absolute atomic E-state index is 0.134. The number of carbonyl (C=O) groups is 2. The molecule has 0 bridgehead atoms. The van der Waals surface area contributed by atoms with Crippen molar-refractivity contribution in [3.8, 4) is 5.75 Å². The Morgan fingerprint density at radius 3 is 2.35 bits per heavy atom. The predicted octanol–water partition coefficient (Wildman–Crippen LogP) is 3.72. The van der Waals surface area contributed by atoms with Crippen molar-refractivity contribution in [3.63, 3.8) is 0 Å². The Hall–Kier alpha value is -3.54. The maximum Gasteiger partial charge on any atom is 0.291 e. The highest BCUT2D eigenvalue weighted by Crippen LogP contribution is 2.16. The fraction of sp³-hybridized carbons (Fsp3) is 0.100. The van der Waals surface area contributed by atoms with Gasteiger partial charge in [0.25, 0.3) is 5.91 Å². The fourth-order valence-corrected chi connectivity index (χ4v) is 2.41. The summed E-state index contributed by atoms with van der Waals surface area (Å²) in [6.45, 7) is 0. The molecule has 0 atom stereocenters. The summed E-state index contributed by atoms with van der Waals surface area (Å²) in [7, 11) is 1.59. The monoisotopic (exact) mass is 350 g/mol. The maximum atomic E-state index is 12.2. The highest BCUT2D eigenvalue weighted by molar-refractivity contribution is 6.02. The summed E-state index contributed by atoms with van der Waals surface area (Å²) < 4.78 is 10.2. The Bertz CT molecular complexity index is 886. The number of anilines is 2. The third-order valence-corrected chi connectivity index (χ3v) is 3.67. The van der Waals surface area contributed by atoms with E-state index in [1.807, 2.05) is 24.3 Å². The van der Waals surface area contributed by atoms with Crippen LogP contribution in [0.3, 0.4) is 0 Å². The molecule has 132 valence electrons. The van der Waals surface area contributed by atoms with Crippen LogP contribution in [0.2, 0.25) is 0 Å². The molecule has 0 aliphatic carbocycles. The van der Waals surface area contributed by atoms with Gasteiger partial charge in [-0.3, -0.25) is 9.59 Å². The normalized spacial score (nSPS) is 10.2. The summed E-state index contributed by atoms with van der Waals surface area (Å²) in [6.07, 6.45) is 1.68. The summed E-state index contributed by atoms with van der Waals surface area (Å²) in [4.78, 5) is 24.1. The minimum atomic E-state index is -0.329. The van der Waals surface area contributed by atoms with Gasteiger partial charge in [-0.15, -0.1) is 0 Å². The first kappa shape index (κ1) is 17.3. The zero-order chi connectivity index (χ0) is 18.4. The van der Waals surface area contributed by atoms with Crippen molar-refractivity contribution < 1.29 is 18.7 Å². The van der Waals surface area contributed by atoms with E-state index in [1.54, 1.807) is 43.5 Å². The number of rotatable bonds is 6. The number of methoxy groups -OCH3 is 1. The second kappa shape index (κ2) is 8.02. The van der Waals surface area contributed by atoms with E-state index >= 15 is 0 Å². The van der Waals surface area contributed by atoms with Gasteiger partial charge >= 0.3 is 0 Å². The van der Waals surface area contributed by atoms with E-state index in [-0.39, 0.29) is 24.0 Å². The molecular formula is C20H18N2O4. The molecule has 3 rings (SSSR count). The van der Waals surface area contributed by atoms with Crippen molar-refractivity contribution >= 4 is 23.2 Å². The van der Waals surface area contributed by atoms with Gasteiger partial charge < -0.3 is 19.8 Å². The molecule has 6 nitrogen and oxygen atoms in total. The number of amides is 2. The summed E-state index contributed by atoms with van der Waals surface area (Å²) in [6, 6.07) is 17.5. The van der Waals surface area contributed by atoms with Gasteiger partial charge in [0.1, 0.15) is 5.75 Å². The Balaban J connectivity index is 1.56. The molecule has 0 saturated carbocycles. The molecule has 2 amide bonds. The van der Waals surface area contributed by atoms with Gasteiger partial charge in [-0.25, -0.2) is 0 Å². The molecular weight excluding hydrogens is 332 g/mol. The third-order valence-electron chi connectivity index (χ3n) is 3.67. The summed E-state index contributed by atoms with van der Waals surface area (Å²) in [5, 5.41) is 5.54. The van der Waals surface area contributed by atoms with Crippen LogP contribution < -0.4 is 15.4 Å². The molecule has 0 aliphatic heterocycles. The molecule has 26 heavy (non-hydrogen) atoms. The second-order valence-electron chi connectivity index (χ2n) is 5.59. The first-order valence-corrected chi connectivity index (χ1v) is 8.02. The molecule has 0 aliphatic rings. The average Bonchev–Trinajstić information content (AvgIpc) is 3.18. The van der Waals surface area contributed by atoms with E-state index in [4.69, 9.17) is 9.15 Å². The molecule has 1 aromatic heterocycles. The molecule has 6 heteroatoms. The highest BCUT2D eigenvalue weighted by Gasteiger charge is 2.09. The standard InChI is InChI=1S/C20H18N2O4/c1-25-17-5-2-4-14(12-17)13-19(23)21-15-7-9-16(10-8-15)22-20(24)18-6-3-11-26-18/h2-12H,13H2,1H3,(H,21,23)(H,22,24). The van der Waals surface area contributed by atoms with Crippen molar-refractivity contribution in [2.45, 2.75) is 6.42 Å². The van der Waals surface area contributed by atoms with Crippen molar-refractivity contribution in [2.24, 2.45) is 0 Å². The Morgan fingerprint density at radius 1 is 0.962 bits per heavy atom. The Kier molecular flexibility index (Phi) is 5.34. The van der Waals surface area contributed by atoms with E-state index in [0.717, 1.165) is 5.56 Å². The molecule has 2 N–H and O–H groups in total. The molecule has 0 radical (unpaired) electrons. The van der Waals surface area contributed by atoms with Crippen LogP contribution in [-0.4, -0.2) is 18.9 Å². The quantitative estimate of drug-likeness (QED) is 0.710. The van der Waals surface area contributed by atoms with Crippen LogP contribution in [0.1, 0.15) is 16.1 Å². The number of nitrogens with one attached hydrogen (secondary N) is 2. The Morgan fingerprint density at radius 2 is 1.69 bits per heavy atom. The summed E-state index contributed by atoms with van der Waals surface area (Å²) in [5.74, 6) is 0.489. The first-order valence-electron chi connectivity index (χ1n) is 8.02. The number of hydrogen-bond acceptors (Lipinski definition) is 4. The van der Waals surface area contributed by atoms with Crippen LogP contribution in [0.15, 0.2) is 71.3 Å². The van der Waals surface area contributed by atoms with E-state index < -0.39 is 0 Å². The maximum absolute atomic E-state index is 12.2. The number of ether oxygens (including phenoxy) is 1. The van der Waals surface area contributed by atoms with Gasteiger partial charge in [0.2, 0.25) is 5.91 Å². The summed E-state index contributed by atoms with van der Waals surface area (Å²) >= 11 is 0. The van der Waals surface area contributed by atoms with E-state index in [9.17, 15) is 9.59 Å². The van der Waals surface area contributed by atoms with Crippen molar-refractivity contribution in [2.75, 3.05) is 17.7 Å². The van der Waals surface area contributed by atoms with E-state index in [1.165, 1.54) is 6.26 Å². The highest BCUT2D eigenvalue weighted by atomic mass is 16.5. The smallest absolute Gasteiger partial charge is 0.291 e. The minimum Gasteiger partial charge on any atom is -0.497 e. The van der Waals surface area contributed by atoms with E-state index in [2.05, 4.69) is 10.6 Å². The lowest BCUT2D eigenvalue weighted by molar-refractivity contribution is -0.115. The molecule has 0 saturated heterocycles. The third kappa shape index (κ3) is 4.51. The lowest BCUT2D eigenvalue weighted by Gasteiger charge is -2.08. The SMILES string of the molecule is COc1cccc(CC(=O)Nc2ccc(NC(=O)c3ccco3)cc2)c1. The number of furan rings is 1. The van der Waals surface area contributed by atoms with Crippen LogP contribution in [0.25, 0.3) is 0 Å².